The van der Waals surface area contributed by atoms with Crippen LogP contribution in [0.5, 0.6) is 0 Å². The number of aliphatic hydroxyl groups is 1. The molecular formula is C15H20O5. The van der Waals surface area contributed by atoms with Crippen molar-refractivity contribution in [2.45, 2.75) is 51.4 Å². The number of hydrogen-bond acceptors (Lipinski definition) is 5. The molecule has 0 aromatic heterocycles. The van der Waals surface area contributed by atoms with Gasteiger partial charge in [-0.05, 0) is 30.9 Å². The molecule has 0 aromatic rings. The van der Waals surface area contributed by atoms with E-state index in [1.54, 1.807) is 0 Å². The van der Waals surface area contributed by atoms with Crippen molar-refractivity contribution in [3.8, 4) is 0 Å². The summed E-state index contributed by atoms with van der Waals surface area (Å²) in [5.41, 5.74) is 1.85. The summed E-state index contributed by atoms with van der Waals surface area (Å²) < 4.78 is 5.48. The summed E-state index contributed by atoms with van der Waals surface area (Å²) in [4.78, 5) is 16.3. The molecular weight excluding hydrogens is 260 g/mol. The van der Waals surface area contributed by atoms with E-state index in [1.165, 1.54) is 0 Å². The van der Waals surface area contributed by atoms with Gasteiger partial charge in [-0.2, -0.15) is 0 Å². The topological polar surface area (TPSA) is 76.0 Å². The second-order valence-electron chi connectivity index (χ2n) is 6.36. The number of carbonyl (C=O) groups excluding carboxylic acids is 1. The molecule has 0 amide bonds. The molecule has 5 heteroatoms. The highest BCUT2D eigenvalue weighted by molar-refractivity contribution is 5.91. The highest BCUT2D eigenvalue weighted by Crippen LogP contribution is 2.55. The van der Waals surface area contributed by atoms with Gasteiger partial charge in [-0.25, -0.2) is 9.68 Å². The van der Waals surface area contributed by atoms with Gasteiger partial charge in [-0.1, -0.05) is 13.5 Å². The number of rotatable bonds is 1. The van der Waals surface area contributed by atoms with E-state index < -0.39 is 17.6 Å². The first-order chi connectivity index (χ1) is 9.40. The van der Waals surface area contributed by atoms with Crippen LogP contribution < -0.4 is 0 Å². The van der Waals surface area contributed by atoms with Crippen LogP contribution in [0.1, 0.15) is 33.1 Å². The summed E-state index contributed by atoms with van der Waals surface area (Å²) in [6.07, 6.45) is 0.377. The van der Waals surface area contributed by atoms with Gasteiger partial charge in [-0.3, -0.25) is 5.26 Å². The van der Waals surface area contributed by atoms with Crippen LogP contribution in [0.25, 0.3) is 0 Å². The van der Waals surface area contributed by atoms with Gasteiger partial charge in [0.1, 0.15) is 12.2 Å². The van der Waals surface area contributed by atoms with Gasteiger partial charge in [0.05, 0.1) is 6.10 Å². The van der Waals surface area contributed by atoms with E-state index in [2.05, 4.69) is 11.5 Å². The van der Waals surface area contributed by atoms with Crippen molar-refractivity contribution in [2.24, 2.45) is 11.3 Å². The molecule has 3 aliphatic rings. The standard InChI is InChI=1S/C15H20O5/c1-7-9-4-5-15(3)11(16)6-10(20-18)8(2)12(15)13(9)19-14(7)17/h9-11,13,16,18H,1,4-6H2,2-3H3. The van der Waals surface area contributed by atoms with Crippen molar-refractivity contribution in [1.82, 2.24) is 0 Å². The predicted octanol–water partition coefficient (Wildman–Crippen LogP) is 1.82. The summed E-state index contributed by atoms with van der Waals surface area (Å²) in [5.74, 6) is -0.378. The third-order valence-electron chi connectivity index (χ3n) is 5.39. The molecule has 5 unspecified atom stereocenters. The first-order valence-corrected chi connectivity index (χ1v) is 6.99. The van der Waals surface area contributed by atoms with Crippen LogP contribution in [0.15, 0.2) is 23.3 Å². The van der Waals surface area contributed by atoms with E-state index in [1.807, 2.05) is 13.8 Å². The monoisotopic (exact) mass is 280 g/mol. The molecule has 110 valence electrons. The number of ether oxygens (including phenoxy) is 1. The van der Waals surface area contributed by atoms with Crippen molar-refractivity contribution in [1.29, 1.82) is 0 Å². The Bertz CT molecular complexity index is 508. The zero-order chi connectivity index (χ0) is 14.7. The fourth-order valence-electron chi connectivity index (χ4n) is 4.06. The minimum Gasteiger partial charge on any atom is -0.454 e. The van der Waals surface area contributed by atoms with Gasteiger partial charge < -0.3 is 9.84 Å². The van der Waals surface area contributed by atoms with Crippen LogP contribution >= 0.6 is 0 Å². The number of fused-ring (bicyclic) bond motifs is 3. The molecule has 5 nitrogen and oxygen atoms in total. The normalized spacial score (nSPS) is 44.2. The first kappa shape index (κ1) is 13.8. The second-order valence-corrected chi connectivity index (χ2v) is 6.36. The van der Waals surface area contributed by atoms with E-state index in [0.717, 1.165) is 24.0 Å². The maximum atomic E-state index is 11.8. The van der Waals surface area contributed by atoms with E-state index in [-0.39, 0.29) is 18.0 Å². The molecule has 2 N–H and O–H groups in total. The number of esters is 1. The zero-order valence-corrected chi connectivity index (χ0v) is 11.8. The van der Waals surface area contributed by atoms with Crippen LogP contribution in [-0.2, 0) is 14.4 Å². The molecule has 0 radical (unpaired) electrons. The van der Waals surface area contributed by atoms with Gasteiger partial charge in [0.2, 0.25) is 0 Å². The maximum Gasteiger partial charge on any atom is 0.334 e. The van der Waals surface area contributed by atoms with Gasteiger partial charge >= 0.3 is 5.97 Å². The average Bonchev–Trinajstić information content (AvgIpc) is 2.69. The average molecular weight is 280 g/mol. The summed E-state index contributed by atoms with van der Waals surface area (Å²) in [7, 11) is 0. The fourth-order valence-corrected chi connectivity index (χ4v) is 4.06. The lowest BCUT2D eigenvalue weighted by molar-refractivity contribution is -0.278. The van der Waals surface area contributed by atoms with Gasteiger partial charge in [0, 0.05) is 23.3 Å². The number of hydrogen-bond donors (Lipinski definition) is 2. The largest absolute Gasteiger partial charge is 0.454 e. The van der Waals surface area contributed by atoms with Gasteiger partial charge in [0.15, 0.2) is 0 Å². The molecule has 1 saturated heterocycles. The lowest BCUT2D eigenvalue weighted by atomic mass is 9.58. The third kappa shape index (κ3) is 1.63. The molecule has 20 heavy (non-hydrogen) atoms. The zero-order valence-electron chi connectivity index (χ0n) is 11.8. The van der Waals surface area contributed by atoms with Crippen LogP contribution in [-0.4, -0.2) is 34.6 Å². The fraction of sp³-hybridized carbons (Fsp3) is 0.667. The number of carbonyl (C=O) groups is 1. The van der Waals surface area contributed by atoms with Crippen LogP contribution in [0.4, 0.5) is 0 Å². The van der Waals surface area contributed by atoms with Crippen molar-refractivity contribution in [2.75, 3.05) is 0 Å². The molecule has 0 bridgehead atoms. The highest BCUT2D eigenvalue weighted by Gasteiger charge is 2.55. The molecule has 0 aromatic carbocycles. The van der Waals surface area contributed by atoms with E-state index in [0.29, 0.717) is 12.0 Å². The van der Waals surface area contributed by atoms with E-state index >= 15 is 0 Å². The Kier molecular flexibility index (Phi) is 3.04. The van der Waals surface area contributed by atoms with Gasteiger partial charge in [0.25, 0.3) is 0 Å². The minimum absolute atomic E-state index is 0.0230. The predicted molar refractivity (Wildman–Crippen MR) is 70.7 cm³/mol. The summed E-state index contributed by atoms with van der Waals surface area (Å²) >= 11 is 0. The van der Waals surface area contributed by atoms with Crippen molar-refractivity contribution in [3.63, 3.8) is 0 Å². The van der Waals surface area contributed by atoms with E-state index in [4.69, 9.17) is 9.99 Å². The van der Waals surface area contributed by atoms with Crippen molar-refractivity contribution >= 4 is 5.97 Å². The Morgan fingerprint density at radius 3 is 2.85 bits per heavy atom. The molecule has 0 spiro atoms. The molecule has 1 saturated carbocycles. The highest BCUT2D eigenvalue weighted by atomic mass is 17.1. The minimum atomic E-state index is -0.619. The van der Waals surface area contributed by atoms with Crippen LogP contribution in [0.3, 0.4) is 0 Å². The second kappa shape index (κ2) is 4.41. The first-order valence-electron chi connectivity index (χ1n) is 6.99. The Morgan fingerprint density at radius 1 is 1.50 bits per heavy atom. The summed E-state index contributed by atoms with van der Waals surface area (Å²) in [6.45, 7) is 7.69. The van der Waals surface area contributed by atoms with E-state index in [9.17, 15) is 9.90 Å². The Morgan fingerprint density at radius 2 is 2.20 bits per heavy atom. The lowest BCUT2D eigenvalue weighted by Gasteiger charge is -2.49. The Labute approximate surface area is 117 Å². The molecule has 3 rings (SSSR count). The lowest BCUT2D eigenvalue weighted by Crippen LogP contribution is -2.50. The molecule has 1 aliphatic heterocycles. The summed E-state index contributed by atoms with van der Waals surface area (Å²) in [6, 6.07) is 0. The SMILES string of the molecule is C=C1C(=O)OC2C3=C(C)C(OO)CC(O)C3(C)CCC12. The molecule has 2 aliphatic carbocycles. The van der Waals surface area contributed by atoms with Crippen LogP contribution in [0.2, 0.25) is 0 Å². The third-order valence-corrected chi connectivity index (χ3v) is 5.39. The maximum absolute atomic E-state index is 11.8. The van der Waals surface area contributed by atoms with Crippen LogP contribution in [0, 0.1) is 11.3 Å². The van der Waals surface area contributed by atoms with Crippen molar-refractivity contribution < 1.29 is 24.8 Å². The Hall–Kier alpha value is -1.17. The Balaban J connectivity index is 2.10. The van der Waals surface area contributed by atoms with Gasteiger partial charge in [-0.15, -0.1) is 0 Å². The molecule has 5 atom stereocenters. The smallest absolute Gasteiger partial charge is 0.334 e. The number of aliphatic hydroxyl groups excluding tert-OH is 1. The molecule has 2 fully saturated rings. The molecule has 1 heterocycles. The summed E-state index contributed by atoms with van der Waals surface area (Å²) in [5, 5.41) is 19.5. The quantitative estimate of drug-likeness (QED) is 0.252. The van der Waals surface area contributed by atoms with Crippen molar-refractivity contribution in [3.05, 3.63) is 23.3 Å².